The predicted molar refractivity (Wildman–Crippen MR) is 147 cm³/mol. The molecule has 7 N–H and O–H groups in total. The van der Waals surface area contributed by atoms with Gasteiger partial charge in [-0.15, -0.1) is 0 Å². The Hall–Kier alpha value is -2.24. The van der Waals surface area contributed by atoms with Crippen LogP contribution in [-0.2, 0) is 24.0 Å². The van der Waals surface area contributed by atoms with Crippen molar-refractivity contribution in [1.29, 1.82) is 0 Å². The van der Waals surface area contributed by atoms with E-state index in [2.05, 4.69) is 10.6 Å². The van der Waals surface area contributed by atoms with Gasteiger partial charge in [-0.1, -0.05) is 13.8 Å². The predicted octanol–water partition coefficient (Wildman–Crippen LogP) is 0.0371. The SMILES string of the molecule is CC(C)C(N)C(=O)CC(C(=O)NC(CSCC(=O)Nc1ccc([As](C)O)cc1)C(=O)CCC(=O)O)C(C)O. The van der Waals surface area contributed by atoms with Crippen molar-refractivity contribution >= 4 is 66.1 Å². The van der Waals surface area contributed by atoms with Crippen LogP contribution in [0.25, 0.3) is 0 Å². The summed E-state index contributed by atoms with van der Waals surface area (Å²) in [6, 6.07) is 4.92. The second-order valence-electron chi connectivity index (χ2n) is 9.34. The van der Waals surface area contributed by atoms with Gasteiger partial charge in [-0.2, -0.15) is 0 Å². The van der Waals surface area contributed by atoms with E-state index in [0.29, 0.717) is 5.69 Å². The normalized spacial score (nSPS) is 15.2. The van der Waals surface area contributed by atoms with Gasteiger partial charge >= 0.3 is 139 Å². The van der Waals surface area contributed by atoms with E-state index in [4.69, 9.17) is 10.8 Å². The number of nitrogens with one attached hydrogen (secondary N) is 2. The number of carboxylic acids is 1. The summed E-state index contributed by atoms with van der Waals surface area (Å²) in [6.07, 6.45) is -2.27. The molecule has 5 atom stereocenters. The van der Waals surface area contributed by atoms with E-state index in [0.717, 1.165) is 16.1 Å². The molecule has 11 nitrogen and oxygen atoms in total. The molecule has 212 valence electrons. The topological polar surface area (TPSA) is 196 Å². The third-order valence-electron chi connectivity index (χ3n) is 5.76. The van der Waals surface area contributed by atoms with Gasteiger partial charge in [0, 0.05) is 6.42 Å². The number of nitrogens with two attached hydrogens (primary N) is 1. The Kier molecular flexibility index (Phi) is 14.8. The second-order valence-corrected chi connectivity index (χ2v) is 13.7. The first-order chi connectivity index (χ1) is 17.7. The molecule has 5 unspecified atom stereocenters. The molecule has 0 spiro atoms. The Bertz CT molecular complexity index is 972. The number of amides is 2. The number of ketones is 2. The van der Waals surface area contributed by atoms with Crippen molar-refractivity contribution in [3.05, 3.63) is 24.3 Å². The van der Waals surface area contributed by atoms with Crippen molar-refractivity contribution in [3.8, 4) is 0 Å². The van der Waals surface area contributed by atoms with E-state index < -0.39 is 69.0 Å². The van der Waals surface area contributed by atoms with Crippen LogP contribution in [-0.4, -0.2) is 88.3 Å². The van der Waals surface area contributed by atoms with Crippen LogP contribution in [0.2, 0.25) is 5.71 Å². The molecule has 0 aliphatic heterocycles. The summed E-state index contributed by atoms with van der Waals surface area (Å²) in [5, 5.41) is 24.3. The van der Waals surface area contributed by atoms with Crippen LogP contribution in [0.5, 0.6) is 0 Å². The molecule has 0 aliphatic carbocycles. The van der Waals surface area contributed by atoms with Gasteiger partial charge in [0.25, 0.3) is 0 Å². The molecule has 1 aromatic carbocycles. The third-order valence-corrected chi connectivity index (χ3v) is 8.99. The Morgan fingerprint density at radius 2 is 1.63 bits per heavy atom. The quantitative estimate of drug-likeness (QED) is 0.130. The van der Waals surface area contributed by atoms with Crippen molar-refractivity contribution in [2.75, 3.05) is 16.8 Å². The van der Waals surface area contributed by atoms with E-state index in [1.54, 1.807) is 43.8 Å². The number of aliphatic hydroxyl groups excluding tert-OH is 1. The van der Waals surface area contributed by atoms with E-state index in [-0.39, 0.29) is 36.2 Å². The minimum Gasteiger partial charge on any atom is -0.481 e. The van der Waals surface area contributed by atoms with Crippen LogP contribution < -0.4 is 20.7 Å². The molecule has 1 rings (SSSR count). The van der Waals surface area contributed by atoms with Gasteiger partial charge in [-0.3, -0.25) is 14.4 Å². The molecule has 0 aromatic heterocycles. The maximum atomic E-state index is 12.9. The standard InChI is InChI=1S/C25H38AsN3O8S/c1-14(2)24(27)21(32)11-18(15(3)30)25(36)29-19(20(31)9-10-23(34)35)12-38-13-22(33)28-17-7-5-16(6-8-17)26(4)37/h5-8,14-15,18-19,24,30,37H,9-13,27H2,1-4H3,(H,28,33)(H,29,36)(H,34,35). The van der Waals surface area contributed by atoms with Gasteiger partial charge in [0.1, 0.15) is 0 Å². The van der Waals surface area contributed by atoms with Gasteiger partial charge < -0.3 is 15.9 Å². The molecule has 13 heteroatoms. The maximum absolute atomic E-state index is 12.9. The minimum atomic E-state index is -2.01. The van der Waals surface area contributed by atoms with Crippen molar-refractivity contribution in [3.63, 3.8) is 0 Å². The van der Waals surface area contributed by atoms with Crippen LogP contribution >= 0.6 is 11.8 Å². The fraction of sp³-hybridized carbons (Fsp3) is 0.560. The number of thioether (sulfide) groups is 1. The number of aliphatic carboxylic acids is 1. The Labute approximate surface area is 231 Å². The van der Waals surface area contributed by atoms with Crippen molar-refractivity contribution in [2.24, 2.45) is 17.6 Å². The van der Waals surface area contributed by atoms with E-state index >= 15 is 0 Å². The Morgan fingerprint density at radius 1 is 1.03 bits per heavy atom. The molecule has 0 saturated heterocycles. The molecular weight excluding hydrogens is 577 g/mol. The number of anilines is 1. The number of rotatable bonds is 17. The summed E-state index contributed by atoms with van der Waals surface area (Å²) < 4.78 is 10.6. The molecule has 0 heterocycles. The smallest absolute Gasteiger partial charge is 0.481 e. The summed E-state index contributed by atoms with van der Waals surface area (Å²) in [7, 11) is 0. The van der Waals surface area contributed by atoms with Gasteiger partial charge in [-0.05, 0) is 12.8 Å². The number of Topliss-reactive ketones (excluding diaryl/α,β-unsaturated/α-hetero) is 2. The number of benzene rings is 1. The Balaban J connectivity index is 2.83. The number of carboxylic acid groups (broad SMARTS) is 1. The van der Waals surface area contributed by atoms with Gasteiger partial charge in [0.15, 0.2) is 5.78 Å². The number of aliphatic hydroxyl groups is 1. The zero-order valence-electron chi connectivity index (χ0n) is 22.0. The zero-order valence-corrected chi connectivity index (χ0v) is 24.7. The van der Waals surface area contributed by atoms with E-state index in [9.17, 15) is 33.2 Å². The molecule has 1 aromatic rings. The number of hydrogen-bond acceptors (Lipinski definition) is 9. The summed E-state index contributed by atoms with van der Waals surface area (Å²) in [5.41, 5.74) is 8.19. The molecule has 0 radical (unpaired) electrons. The number of carbonyl (C=O) groups excluding carboxylic acids is 4. The van der Waals surface area contributed by atoms with Crippen LogP contribution in [0.15, 0.2) is 24.3 Å². The second kappa shape index (κ2) is 16.7. The molecular formula is C25H38AsN3O8S. The molecule has 0 bridgehead atoms. The fourth-order valence-electron chi connectivity index (χ4n) is 3.33. The van der Waals surface area contributed by atoms with Gasteiger partial charge in [-0.25, -0.2) is 0 Å². The van der Waals surface area contributed by atoms with Crippen molar-refractivity contribution < 1.29 is 38.3 Å². The van der Waals surface area contributed by atoms with Crippen LogP contribution in [0.3, 0.4) is 0 Å². The first kappa shape index (κ1) is 33.8. The fourth-order valence-corrected chi connectivity index (χ4v) is 5.43. The summed E-state index contributed by atoms with van der Waals surface area (Å²) in [6.45, 7) is 4.88. The third kappa shape index (κ3) is 12.1. The van der Waals surface area contributed by atoms with E-state index in [1.807, 2.05) is 0 Å². The van der Waals surface area contributed by atoms with Crippen LogP contribution in [0.1, 0.15) is 40.0 Å². The number of hydrogen-bond donors (Lipinski definition) is 6. The van der Waals surface area contributed by atoms with Crippen LogP contribution in [0.4, 0.5) is 5.69 Å². The Morgan fingerprint density at radius 3 is 2.13 bits per heavy atom. The van der Waals surface area contributed by atoms with Gasteiger partial charge in [0.05, 0.1) is 24.5 Å². The summed E-state index contributed by atoms with van der Waals surface area (Å²) in [4.78, 5) is 61.4. The molecule has 0 fully saturated rings. The average Bonchev–Trinajstić information content (AvgIpc) is 2.84. The van der Waals surface area contributed by atoms with Gasteiger partial charge in [0.2, 0.25) is 0 Å². The summed E-state index contributed by atoms with van der Waals surface area (Å²) in [5.74, 6) is -4.57. The average molecular weight is 616 g/mol. The minimum absolute atomic E-state index is 0.0174. The molecule has 2 amide bonds. The number of carbonyl (C=O) groups is 5. The molecule has 0 aliphatic rings. The monoisotopic (exact) mass is 615 g/mol. The first-order valence-corrected chi connectivity index (χ1v) is 16.9. The summed E-state index contributed by atoms with van der Waals surface area (Å²) >= 11 is -0.941. The van der Waals surface area contributed by atoms with E-state index in [1.165, 1.54) is 6.92 Å². The van der Waals surface area contributed by atoms with Crippen LogP contribution in [0, 0.1) is 11.8 Å². The first-order valence-electron chi connectivity index (χ1n) is 12.1. The molecule has 38 heavy (non-hydrogen) atoms. The zero-order chi connectivity index (χ0) is 29.0. The molecule has 0 saturated carbocycles. The van der Waals surface area contributed by atoms with Crippen molar-refractivity contribution in [2.45, 2.75) is 63.9 Å². The van der Waals surface area contributed by atoms with Crippen molar-refractivity contribution in [1.82, 2.24) is 5.32 Å².